The van der Waals surface area contributed by atoms with Crippen LogP contribution >= 0.6 is 11.3 Å². The number of amides is 1. The average molecular weight is 446 g/mol. The van der Waals surface area contributed by atoms with Gasteiger partial charge in [0.05, 0.1) is 31.6 Å². The van der Waals surface area contributed by atoms with Crippen molar-refractivity contribution in [2.24, 2.45) is 5.10 Å². The van der Waals surface area contributed by atoms with Gasteiger partial charge in [-0.3, -0.25) is 9.69 Å². The lowest BCUT2D eigenvalue weighted by molar-refractivity contribution is 0.0321. The van der Waals surface area contributed by atoms with Crippen LogP contribution in [0.3, 0.4) is 0 Å². The summed E-state index contributed by atoms with van der Waals surface area (Å²) in [5.41, 5.74) is 4.03. The predicted molar refractivity (Wildman–Crippen MR) is 124 cm³/mol. The van der Waals surface area contributed by atoms with Crippen molar-refractivity contribution in [1.82, 2.24) is 10.3 Å². The third kappa shape index (κ3) is 7.05. The maximum Gasteiger partial charge on any atom is 0.272 e. The highest BCUT2D eigenvalue weighted by molar-refractivity contribution is 7.10. The van der Waals surface area contributed by atoms with E-state index in [-0.39, 0.29) is 5.91 Å². The summed E-state index contributed by atoms with van der Waals surface area (Å²) in [6.07, 6.45) is 1.60. The Bertz CT molecular complexity index is 875. The van der Waals surface area contributed by atoms with E-state index in [4.69, 9.17) is 14.2 Å². The average Bonchev–Trinajstić information content (AvgIpc) is 3.27. The second-order valence-corrected chi connectivity index (χ2v) is 8.48. The largest absolute Gasteiger partial charge is 0.490 e. The highest BCUT2D eigenvalue weighted by Crippen LogP contribution is 2.28. The second-order valence-electron chi connectivity index (χ2n) is 7.53. The minimum absolute atomic E-state index is 0.215. The van der Waals surface area contributed by atoms with Crippen LogP contribution in [0.25, 0.3) is 0 Å². The van der Waals surface area contributed by atoms with Gasteiger partial charge < -0.3 is 14.2 Å². The summed E-state index contributed by atoms with van der Waals surface area (Å²) in [7, 11) is 0. The highest BCUT2D eigenvalue weighted by atomic mass is 32.1. The molecule has 8 heteroatoms. The topological polar surface area (TPSA) is 72.4 Å². The molecule has 31 heavy (non-hydrogen) atoms. The Hall–Kier alpha value is -2.42. The van der Waals surface area contributed by atoms with Crippen LogP contribution in [0.2, 0.25) is 0 Å². The van der Waals surface area contributed by atoms with Crippen molar-refractivity contribution in [2.45, 2.75) is 26.7 Å². The molecule has 2 aromatic rings. The van der Waals surface area contributed by atoms with Crippen LogP contribution in [0.5, 0.6) is 11.5 Å². The summed E-state index contributed by atoms with van der Waals surface area (Å²) in [4.78, 5) is 15.8. The van der Waals surface area contributed by atoms with Gasteiger partial charge in [0.25, 0.3) is 5.91 Å². The van der Waals surface area contributed by atoms with E-state index in [0.717, 1.165) is 38.4 Å². The third-order valence-corrected chi connectivity index (χ3v) is 6.10. The molecular weight excluding hydrogens is 414 g/mol. The molecular formula is C23H31N3O4S. The van der Waals surface area contributed by atoms with Crippen molar-refractivity contribution in [2.75, 3.05) is 46.1 Å². The number of hydrazone groups is 1. The minimum atomic E-state index is -0.215. The summed E-state index contributed by atoms with van der Waals surface area (Å²) in [5.74, 6) is 1.56. The van der Waals surface area contributed by atoms with Crippen molar-refractivity contribution >= 4 is 23.5 Å². The summed E-state index contributed by atoms with van der Waals surface area (Å²) in [5, 5.41) is 5.95. The number of carbonyl (C=O) groups excluding carboxylic acids is 1. The Kier molecular flexibility index (Phi) is 8.87. The first-order chi connectivity index (χ1) is 15.1. The molecule has 0 aliphatic carbocycles. The molecule has 7 nitrogen and oxygen atoms in total. The normalized spacial score (nSPS) is 14.8. The van der Waals surface area contributed by atoms with Crippen molar-refractivity contribution in [3.05, 3.63) is 45.6 Å². The van der Waals surface area contributed by atoms with E-state index < -0.39 is 0 Å². The molecule has 0 bridgehead atoms. The van der Waals surface area contributed by atoms with Crippen LogP contribution in [-0.2, 0) is 4.74 Å². The molecule has 1 fully saturated rings. The van der Waals surface area contributed by atoms with E-state index in [2.05, 4.69) is 29.3 Å². The van der Waals surface area contributed by atoms with Crippen molar-refractivity contribution in [3.63, 3.8) is 0 Å². The molecule has 1 N–H and O–H groups in total. The molecule has 0 atom stereocenters. The lowest BCUT2D eigenvalue weighted by Gasteiger charge is -2.26. The zero-order valence-electron chi connectivity index (χ0n) is 18.4. The molecule has 2 heterocycles. The van der Waals surface area contributed by atoms with Crippen molar-refractivity contribution in [1.29, 1.82) is 0 Å². The summed E-state index contributed by atoms with van der Waals surface area (Å²) < 4.78 is 17.1. The summed E-state index contributed by atoms with van der Waals surface area (Å²) >= 11 is 1.59. The van der Waals surface area contributed by atoms with Gasteiger partial charge >= 0.3 is 0 Å². The number of thiophene rings is 1. The van der Waals surface area contributed by atoms with Crippen molar-refractivity contribution < 1.29 is 19.0 Å². The number of rotatable bonds is 10. The molecule has 0 spiro atoms. The predicted octanol–water partition coefficient (Wildman–Crippen LogP) is 3.75. The molecule has 3 rings (SSSR count). The van der Waals surface area contributed by atoms with Gasteiger partial charge in [-0.1, -0.05) is 13.8 Å². The SMILES string of the molecule is CCOc1cc(/C=N/NC(=O)c2csc(C(C)C)c2)ccc1OCCN1CCOCC1. The zero-order chi connectivity index (χ0) is 22.1. The Balaban J connectivity index is 1.55. The molecule has 1 aromatic heterocycles. The molecule has 0 radical (unpaired) electrons. The lowest BCUT2D eigenvalue weighted by Crippen LogP contribution is -2.38. The fraction of sp³-hybridized carbons (Fsp3) is 0.478. The van der Waals surface area contributed by atoms with Crippen LogP contribution in [0, 0.1) is 0 Å². The Morgan fingerprint density at radius 1 is 1.26 bits per heavy atom. The number of nitrogens with one attached hydrogen (secondary N) is 1. The molecule has 1 aliphatic heterocycles. The second kappa shape index (κ2) is 11.8. The van der Waals surface area contributed by atoms with Gasteiger partial charge in [-0.2, -0.15) is 5.10 Å². The quantitative estimate of drug-likeness (QED) is 0.446. The number of ether oxygens (including phenoxy) is 3. The van der Waals surface area contributed by atoms with E-state index in [1.54, 1.807) is 17.6 Å². The molecule has 0 saturated carbocycles. The first kappa shape index (κ1) is 23.2. The van der Waals surface area contributed by atoms with Crippen LogP contribution < -0.4 is 14.9 Å². The van der Waals surface area contributed by atoms with E-state index in [9.17, 15) is 4.79 Å². The monoisotopic (exact) mass is 445 g/mol. The fourth-order valence-electron chi connectivity index (χ4n) is 3.11. The molecule has 1 saturated heterocycles. The lowest BCUT2D eigenvalue weighted by atomic mass is 10.1. The standard InChI is InChI=1S/C23H31N3O4S/c1-4-29-21-13-18(5-6-20(21)30-12-9-26-7-10-28-11-8-26)15-24-25-23(27)19-14-22(17(2)3)31-16-19/h5-6,13-17H,4,7-12H2,1-3H3,(H,25,27)/b24-15+. The van der Waals surface area contributed by atoms with Gasteiger partial charge in [0, 0.05) is 29.9 Å². The number of morpholine rings is 1. The number of carbonyl (C=O) groups is 1. The van der Waals surface area contributed by atoms with Gasteiger partial charge in [-0.05, 0) is 42.7 Å². The number of hydrogen-bond acceptors (Lipinski definition) is 7. The Morgan fingerprint density at radius 2 is 2.06 bits per heavy atom. The van der Waals surface area contributed by atoms with Gasteiger partial charge in [0.1, 0.15) is 6.61 Å². The van der Waals surface area contributed by atoms with Crippen LogP contribution in [0.15, 0.2) is 34.7 Å². The van der Waals surface area contributed by atoms with E-state index >= 15 is 0 Å². The van der Waals surface area contributed by atoms with E-state index in [1.807, 2.05) is 36.6 Å². The molecule has 0 unspecified atom stereocenters. The maximum atomic E-state index is 12.3. The van der Waals surface area contributed by atoms with E-state index in [0.29, 0.717) is 36.2 Å². The van der Waals surface area contributed by atoms with Crippen LogP contribution in [-0.4, -0.2) is 63.1 Å². The maximum absolute atomic E-state index is 12.3. The Labute approximate surface area is 188 Å². The molecule has 168 valence electrons. The Morgan fingerprint density at radius 3 is 2.77 bits per heavy atom. The smallest absolute Gasteiger partial charge is 0.272 e. The van der Waals surface area contributed by atoms with Gasteiger partial charge in [-0.25, -0.2) is 5.43 Å². The third-order valence-electron chi connectivity index (χ3n) is 4.87. The molecule has 1 aromatic carbocycles. The van der Waals surface area contributed by atoms with Crippen molar-refractivity contribution in [3.8, 4) is 11.5 Å². The highest BCUT2D eigenvalue weighted by Gasteiger charge is 2.12. The fourth-order valence-corrected chi connectivity index (χ4v) is 4.01. The minimum Gasteiger partial charge on any atom is -0.490 e. The summed E-state index contributed by atoms with van der Waals surface area (Å²) in [6, 6.07) is 7.55. The van der Waals surface area contributed by atoms with E-state index in [1.165, 1.54) is 4.88 Å². The molecule has 1 amide bonds. The van der Waals surface area contributed by atoms with Crippen LogP contribution in [0.4, 0.5) is 0 Å². The summed E-state index contributed by atoms with van der Waals surface area (Å²) in [6.45, 7) is 11.6. The molecule has 1 aliphatic rings. The first-order valence-electron chi connectivity index (χ1n) is 10.7. The van der Waals surface area contributed by atoms with Crippen LogP contribution in [0.1, 0.15) is 47.5 Å². The van der Waals surface area contributed by atoms with Gasteiger partial charge in [0.2, 0.25) is 0 Å². The number of benzene rings is 1. The van der Waals surface area contributed by atoms with Gasteiger partial charge in [-0.15, -0.1) is 11.3 Å². The first-order valence-corrected chi connectivity index (χ1v) is 11.6. The zero-order valence-corrected chi connectivity index (χ0v) is 19.2. The number of nitrogens with zero attached hydrogens (tertiary/aromatic N) is 2. The van der Waals surface area contributed by atoms with Gasteiger partial charge in [0.15, 0.2) is 11.5 Å². The number of hydrogen-bond donors (Lipinski definition) is 1.